The van der Waals surface area contributed by atoms with Gasteiger partial charge in [0.2, 0.25) is 0 Å². The molecular formula is C16H11F3O2. The Hall–Kier alpha value is -2.56. The van der Waals surface area contributed by atoms with Crippen molar-refractivity contribution in [1.82, 2.24) is 0 Å². The van der Waals surface area contributed by atoms with Crippen molar-refractivity contribution in [3.8, 4) is 5.75 Å². The highest BCUT2D eigenvalue weighted by Crippen LogP contribution is 2.29. The second-order valence-corrected chi connectivity index (χ2v) is 4.17. The zero-order valence-electron chi connectivity index (χ0n) is 10.8. The lowest BCUT2D eigenvalue weighted by molar-refractivity contribution is -0.142. The number of rotatable bonds is 3. The van der Waals surface area contributed by atoms with Gasteiger partial charge in [0.05, 0.1) is 0 Å². The van der Waals surface area contributed by atoms with Gasteiger partial charge in [-0.1, -0.05) is 48.5 Å². The standard InChI is InChI=1S/C16H11F3O2/c17-16(18,19)14(11-12-7-3-1-4-8-12)15(20)21-13-9-5-2-6-10-13/h1-11H/b14-11+. The van der Waals surface area contributed by atoms with E-state index in [9.17, 15) is 18.0 Å². The van der Waals surface area contributed by atoms with Crippen molar-refractivity contribution in [3.63, 3.8) is 0 Å². The Morgan fingerprint density at radius 2 is 1.43 bits per heavy atom. The quantitative estimate of drug-likeness (QED) is 0.480. The average molecular weight is 292 g/mol. The van der Waals surface area contributed by atoms with E-state index in [-0.39, 0.29) is 11.3 Å². The number of ether oxygens (including phenoxy) is 1. The normalized spacial score (nSPS) is 12.0. The molecule has 0 aliphatic heterocycles. The number of esters is 1. The Kier molecular flexibility index (Phi) is 4.42. The Bertz CT molecular complexity index is 632. The number of hydrogen-bond acceptors (Lipinski definition) is 2. The third-order valence-corrected chi connectivity index (χ3v) is 2.59. The maximum atomic E-state index is 13.0. The second-order valence-electron chi connectivity index (χ2n) is 4.17. The molecule has 2 nitrogen and oxygen atoms in total. The first kappa shape index (κ1) is 14.8. The molecule has 0 amide bonds. The first-order valence-corrected chi connectivity index (χ1v) is 6.08. The Morgan fingerprint density at radius 1 is 0.905 bits per heavy atom. The molecule has 0 fully saturated rings. The summed E-state index contributed by atoms with van der Waals surface area (Å²) < 4.78 is 43.7. The third kappa shape index (κ3) is 4.21. The molecule has 2 aromatic carbocycles. The highest BCUT2D eigenvalue weighted by Gasteiger charge is 2.40. The lowest BCUT2D eigenvalue weighted by atomic mass is 10.1. The van der Waals surface area contributed by atoms with E-state index in [2.05, 4.69) is 0 Å². The van der Waals surface area contributed by atoms with Crippen LogP contribution in [-0.4, -0.2) is 12.1 Å². The Morgan fingerprint density at radius 3 is 1.95 bits per heavy atom. The van der Waals surface area contributed by atoms with Crippen molar-refractivity contribution in [2.75, 3.05) is 0 Å². The van der Waals surface area contributed by atoms with E-state index >= 15 is 0 Å². The summed E-state index contributed by atoms with van der Waals surface area (Å²) in [6, 6.07) is 15.4. The molecular weight excluding hydrogens is 281 g/mol. The maximum Gasteiger partial charge on any atom is 0.423 e. The maximum absolute atomic E-state index is 13.0. The molecule has 21 heavy (non-hydrogen) atoms. The predicted octanol–water partition coefficient (Wildman–Crippen LogP) is 4.24. The van der Waals surface area contributed by atoms with Crippen LogP contribution in [-0.2, 0) is 4.79 Å². The highest BCUT2D eigenvalue weighted by atomic mass is 19.4. The number of alkyl halides is 3. The fourth-order valence-electron chi connectivity index (χ4n) is 1.62. The summed E-state index contributed by atoms with van der Waals surface area (Å²) in [7, 11) is 0. The average Bonchev–Trinajstić information content (AvgIpc) is 2.45. The van der Waals surface area contributed by atoms with Gasteiger partial charge in [0, 0.05) is 0 Å². The number of hydrogen-bond donors (Lipinski definition) is 0. The van der Waals surface area contributed by atoms with Crippen molar-refractivity contribution in [2.45, 2.75) is 6.18 Å². The number of benzene rings is 2. The molecule has 0 spiro atoms. The van der Waals surface area contributed by atoms with Crippen molar-refractivity contribution in [2.24, 2.45) is 0 Å². The minimum atomic E-state index is -4.79. The monoisotopic (exact) mass is 292 g/mol. The van der Waals surface area contributed by atoms with Crippen molar-refractivity contribution in [1.29, 1.82) is 0 Å². The van der Waals surface area contributed by atoms with E-state index in [0.717, 1.165) is 6.08 Å². The van der Waals surface area contributed by atoms with Crippen LogP contribution in [0, 0.1) is 0 Å². The Labute approximate surface area is 119 Å². The van der Waals surface area contributed by atoms with Crippen LogP contribution in [0.25, 0.3) is 6.08 Å². The van der Waals surface area contributed by atoms with Crippen LogP contribution in [0.5, 0.6) is 5.75 Å². The minimum Gasteiger partial charge on any atom is -0.423 e. The molecule has 0 atom stereocenters. The van der Waals surface area contributed by atoms with Gasteiger partial charge in [-0.2, -0.15) is 13.2 Å². The summed E-state index contributed by atoms with van der Waals surface area (Å²) in [6.45, 7) is 0. The molecule has 0 aliphatic carbocycles. The van der Waals surface area contributed by atoms with Gasteiger partial charge < -0.3 is 4.74 Å². The highest BCUT2D eigenvalue weighted by molar-refractivity contribution is 5.96. The van der Waals surface area contributed by atoms with Gasteiger partial charge in [-0.05, 0) is 23.8 Å². The molecule has 2 aromatic rings. The van der Waals surface area contributed by atoms with Crippen LogP contribution in [0.2, 0.25) is 0 Å². The second kappa shape index (κ2) is 6.26. The number of carbonyl (C=O) groups excluding carboxylic acids is 1. The van der Waals surface area contributed by atoms with Gasteiger partial charge in [0.25, 0.3) is 0 Å². The zero-order chi connectivity index (χ0) is 15.3. The molecule has 0 unspecified atom stereocenters. The smallest absolute Gasteiger partial charge is 0.423 e. The van der Waals surface area contributed by atoms with Gasteiger partial charge in [-0.3, -0.25) is 0 Å². The first-order valence-electron chi connectivity index (χ1n) is 6.08. The molecule has 0 aromatic heterocycles. The molecule has 5 heteroatoms. The van der Waals surface area contributed by atoms with E-state index in [0.29, 0.717) is 0 Å². The van der Waals surface area contributed by atoms with Gasteiger partial charge in [-0.15, -0.1) is 0 Å². The van der Waals surface area contributed by atoms with Crippen LogP contribution >= 0.6 is 0 Å². The van der Waals surface area contributed by atoms with E-state index in [1.807, 2.05) is 0 Å². The van der Waals surface area contributed by atoms with E-state index in [1.165, 1.54) is 24.3 Å². The summed E-state index contributed by atoms with van der Waals surface area (Å²) in [4.78, 5) is 11.8. The fraction of sp³-hybridized carbons (Fsp3) is 0.0625. The number of para-hydroxylation sites is 1. The van der Waals surface area contributed by atoms with E-state index in [1.54, 1.807) is 36.4 Å². The van der Waals surface area contributed by atoms with Crippen LogP contribution in [0.1, 0.15) is 5.56 Å². The lowest BCUT2D eigenvalue weighted by Gasteiger charge is -2.11. The van der Waals surface area contributed by atoms with E-state index < -0.39 is 17.7 Å². The van der Waals surface area contributed by atoms with Crippen molar-refractivity contribution >= 4 is 12.0 Å². The van der Waals surface area contributed by atoms with Crippen LogP contribution in [0.15, 0.2) is 66.2 Å². The molecule has 0 saturated carbocycles. The molecule has 0 heterocycles. The fourth-order valence-corrected chi connectivity index (χ4v) is 1.62. The van der Waals surface area contributed by atoms with Gasteiger partial charge in [0.15, 0.2) is 0 Å². The van der Waals surface area contributed by atoms with Crippen LogP contribution < -0.4 is 4.74 Å². The van der Waals surface area contributed by atoms with E-state index in [4.69, 9.17) is 4.74 Å². The topological polar surface area (TPSA) is 26.3 Å². The minimum absolute atomic E-state index is 0.0608. The molecule has 0 saturated heterocycles. The number of halogens is 3. The predicted molar refractivity (Wildman–Crippen MR) is 72.6 cm³/mol. The van der Waals surface area contributed by atoms with Crippen molar-refractivity contribution < 1.29 is 22.7 Å². The molecule has 2 rings (SSSR count). The summed E-state index contributed by atoms with van der Waals surface area (Å²) in [6.07, 6.45) is -4.02. The zero-order valence-corrected chi connectivity index (χ0v) is 10.8. The van der Waals surface area contributed by atoms with Gasteiger partial charge >= 0.3 is 12.1 Å². The largest absolute Gasteiger partial charge is 0.423 e. The SMILES string of the molecule is O=C(Oc1ccccc1)/C(=C\c1ccccc1)C(F)(F)F. The van der Waals surface area contributed by atoms with Gasteiger partial charge in [0.1, 0.15) is 11.3 Å². The molecule has 0 aliphatic rings. The van der Waals surface area contributed by atoms with Crippen LogP contribution in [0.4, 0.5) is 13.2 Å². The number of carbonyl (C=O) groups is 1. The van der Waals surface area contributed by atoms with Crippen LogP contribution in [0.3, 0.4) is 0 Å². The Balaban J connectivity index is 2.29. The summed E-state index contributed by atoms with van der Waals surface area (Å²) in [5.41, 5.74) is -1.08. The molecule has 0 radical (unpaired) electrons. The molecule has 0 N–H and O–H groups in total. The molecule has 108 valence electrons. The summed E-state index contributed by atoms with van der Waals surface area (Å²) >= 11 is 0. The summed E-state index contributed by atoms with van der Waals surface area (Å²) in [5.74, 6) is -1.37. The lowest BCUT2D eigenvalue weighted by Crippen LogP contribution is -2.24. The first-order chi connectivity index (χ1) is 9.97. The molecule has 0 bridgehead atoms. The van der Waals surface area contributed by atoms with Crippen molar-refractivity contribution in [3.05, 3.63) is 71.8 Å². The summed E-state index contributed by atoms with van der Waals surface area (Å²) in [5, 5.41) is 0. The third-order valence-electron chi connectivity index (χ3n) is 2.59. The van der Waals surface area contributed by atoms with Gasteiger partial charge in [-0.25, -0.2) is 4.79 Å².